The van der Waals surface area contributed by atoms with Crippen molar-refractivity contribution in [3.63, 3.8) is 0 Å². The van der Waals surface area contributed by atoms with Gasteiger partial charge in [0.15, 0.2) is 0 Å². The molecule has 0 radical (unpaired) electrons. The summed E-state index contributed by atoms with van der Waals surface area (Å²) < 4.78 is 0.823. The molecule has 0 saturated carbocycles. The summed E-state index contributed by atoms with van der Waals surface area (Å²) in [5, 5.41) is 0. The van der Waals surface area contributed by atoms with Crippen LogP contribution in [0.2, 0.25) is 0 Å². The summed E-state index contributed by atoms with van der Waals surface area (Å²) in [6.07, 6.45) is 0. The number of rotatable bonds is 0. The van der Waals surface area contributed by atoms with E-state index in [-0.39, 0.29) is 0 Å². The predicted molar refractivity (Wildman–Crippen MR) is 39.0 cm³/mol. The van der Waals surface area contributed by atoms with Crippen LogP contribution in [0, 0.1) is 0 Å². The maximum atomic E-state index is 2.35. The normalized spacial score (nSPS) is 9.00. The molecule has 0 fully saturated rings. The van der Waals surface area contributed by atoms with Gasteiger partial charge in [0.05, 0.1) is 0 Å². The average Bonchev–Trinajstić information content (AvgIpc) is 0.811. The standard InChI is InChI=1S/CH2I2Te/c2-1(3)4/h1,4H. The van der Waals surface area contributed by atoms with Crippen LogP contribution >= 0.6 is 45.2 Å². The van der Waals surface area contributed by atoms with Crippen LogP contribution in [0.25, 0.3) is 0 Å². The molecular formula is CH2I2Te. The second-order valence-corrected chi connectivity index (χ2v) is 12.5. The first-order valence-electron chi connectivity index (χ1n) is 0.695. The topological polar surface area (TPSA) is 0 Å². The van der Waals surface area contributed by atoms with Crippen molar-refractivity contribution in [2.24, 2.45) is 0 Å². The zero-order chi connectivity index (χ0) is 3.58. The van der Waals surface area contributed by atoms with Gasteiger partial charge in [-0.3, -0.25) is 0 Å². The van der Waals surface area contributed by atoms with Crippen molar-refractivity contribution in [2.75, 3.05) is 0 Å². The summed E-state index contributed by atoms with van der Waals surface area (Å²) in [6, 6.07) is 0. The monoisotopic (exact) mass is 398 g/mol. The minimum atomic E-state index is 0.823. The Morgan fingerprint density at radius 3 is 1.50 bits per heavy atom. The first-order valence-corrected chi connectivity index (χ1v) is 4.66. The molecule has 0 aliphatic carbocycles. The van der Waals surface area contributed by atoms with E-state index in [0.717, 1.165) is -0.0207 Å². The number of hydrogen-bond donors (Lipinski definition) is 0. The van der Waals surface area contributed by atoms with Crippen molar-refractivity contribution in [1.29, 1.82) is 0 Å². The second kappa shape index (κ2) is 3.44. The summed E-state index contributed by atoms with van der Waals surface area (Å²) in [5.41, 5.74) is 0. The van der Waals surface area contributed by atoms with Crippen molar-refractivity contribution in [3.8, 4) is 0 Å². The van der Waals surface area contributed by atoms with Crippen molar-refractivity contribution in [1.82, 2.24) is 0 Å². The Bertz CT molecular complexity index is 10.8. The molecule has 0 heterocycles. The summed E-state index contributed by atoms with van der Waals surface area (Å²) in [6.45, 7) is 0. The van der Waals surface area contributed by atoms with Crippen molar-refractivity contribution >= 4 is 67.5 Å². The maximum absolute atomic E-state index is 2.35. The van der Waals surface area contributed by atoms with Crippen LogP contribution in [-0.2, 0) is 0 Å². The van der Waals surface area contributed by atoms with E-state index < -0.39 is 0 Å². The Labute approximate surface area is 66.3 Å². The number of halogens is 2. The zero-order valence-corrected chi connectivity index (χ0v) is 8.65. The average molecular weight is 395 g/mol. The van der Waals surface area contributed by atoms with E-state index in [0.29, 0.717) is 0 Å². The molecule has 4 heavy (non-hydrogen) atoms. The van der Waals surface area contributed by atoms with E-state index in [9.17, 15) is 0 Å². The first-order chi connectivity index (χ1) is 1.73. The van der Waals surface area contributed by atoms with Gasteiger partial charge < -0.3 is 0 Å². The van der Waals surface area contributed by atoms with Gasteiger partial charge in [0, 0.05) is 0 Å². The van der Waals surface area contributed by atoms with Crippen molar-refractivity contribution < 1.29 is 0 Å². The summed E-state index contributed by atoms with van der Waals surface area (Å²) in [4.78, 5) is 0. The fraction of sp³-hybridized carbons (Fsp3) is 1.00. The van der Waals surface area contributed by atoms with Crippen LogP contribution in [0.4, 0.5) is 0 Å². The van der Waals surface area contributed by atoms with E-state index in [1.54, 1.807) is 0 Å². The molecule has 0 aliphatic rings. The molecule has 0 rings (SSSR count). The van der Waals surface area contributed by atoms with Crippen LogP contribution in [0.3, 0.4) is 0 Å². The molecule has 0 nitrogen and oxygen atoms in total. The first kappa shape index (κ1) is 6.25. The van der Waals surface area contributed by atoms with Gasteiger partial charge >= 0.3 is 67.5 Å². The number of alkyl halides is 2. The molecule has 0 saturated heterocycles. The van der Waals surface area contributed by atoms with Crippen LogP contribution in [0.1, 0.15) is 0 Å². The van der Waals surface area contributed by atoms with E-state index >= 15 is 0 Å². The fourth-order valence-electron chi connectivity index (χ4n) is 0. The molecule has 0 aromatic heterocycles. The van der Waals surface area contributed by atoms with Gasteiger partial charge in [-0.1, -0.05) is 0 Å². The third kappa shape index (κ3) is 8.87. The molecule has 0 bridgehead atoms. The van der Waals surface area contributed by atoms with Gasteiger partial charge in [0.1, 0.15) is 0 Å². The van der Waals surface area contributed by atoms with E-state index in [2.05, 4.69) is 45.2 Å². The molecular weight excluding hydrogens is 393 g/mol. The summed E-state index contributed by atoms with van der Waals surface area (Å²) >= 11 is 6.55. The summed E-state index contributed by atoms with van der Waals surface area (Å²) in [7, 11) is 0. The quantitative estimate of drug-likeness (QED) is 0.327. The van der Waals surface area contributed by atoms with Gasteiger partial charge in [-0.15, -0.1) is 0 Å². The Morgan fingerprint density at radius 2 is 1.50 bits per heavy atom. The van der Waals surface area contributed by atoms with Crippen molar-refractivity contribution in [3.05, 3.63) is 0 Å². The van der Waals surface area contributed by atoms with Gasteiger partial charge in [-0.25, -0.2) is 0 Å². The van der Waals surface area contributed by atoms with Crippen LogP contribution in [0.5, 0.6) is 0 Å². The van der Waals surface area contributed by atoms with E-state index in [1.807, 2.05) is 22.3 Å². The molecule has 0 aromatic rings. The molecule has 0 N–H and O–H groups in total. The molecule has 0 spiro atoms. The molecule has 0 aliphatic heterocycles. The fourth-order valence-corrected chi connectivity index (χ4v) is 0. The SMILES string of the molecule is [TeH]C(I)I. The zero-order valence-electron chi connectivity index (χ0n) is 1.78. The van der Waals surface area contributed by atoms with E-state index in [4.69, 9.17) is 0 Å². The Hall–Kier alpha value is 2.25. The third-order valence-electron chi connectivity index (χ3n) is 0. The van der Waals surface area contributed by atoms with Crippen LogP contribution < -0.4 is 0 Å². The number of hydrogen-bond acceptors (Lipinski definition) is 0. The predicted octanol–water partition coefficient (Wildman–Crippen LogP) is 1.04. The van der Waals surface area contributed by atoms with Crippen LogP contribution in [0.15, 0.2) is 0 Å². The molecule has 0 atom stereocenters. The molecule has 0 amide bonds. The third-order valence-corrected chi connectivity index (χ3v) is 0. The second-order valence-electron chi connectivity index (χ2n) is 0.278. The molecule has 3 heteroatoms. The molecule has 0 aromatic carbocycles. The Kier molecular flexibility index (Phi) is 5.37. The summed E-state index contributed by atoms with van der Waals surface area (Å²) in [5.74, 6) is 0. The Balaban J connectivity index is 2.32. The van der Waals surface area contributed by atoms with Crippen LogP contribution in [-0.4, -0.2) is 22.3 Å². The minimum absolute atomic E-state index is 0.823. The molecule has 26 valence electrons. The molecule has 0 unspecified atom stereocenters. The van der Waals surface area contributed by atoms with Gasteiger partial charge in [0.2, 0.25) is 0 Å². The van der Waals surface area contributed by atoms with E-state index in [1.165, 1.54) is 0 Å². The van der Waals surface area contributed by atoms with Crippen molar-refractivity contribution in [2.45, 2.75) is -0.0207 Å². The van der Waals surface area contributed by atoms with Gasteiger partial charge in [-0.2, -0.15) is 0 Å². The Morgan fingerprint density at radius 1 is 1.50 bits per heavy atom. The van der Waals surface area contributed by atoms with Gasteiger partial charge in [0.25, 0.3) is 0 Å². The van der Waals surface area contributed by atoms with Gasteiger partial charge in [-0.05, 0) is 0 Å².